The van der Waals surface area contributed by atoms with Gasteiger partial charge in [0.1, 0.15) is 9.84 Å². The van der Waals surface area contributed by atoms with Crippen LogP contribution >= 0.6 is 11.6 Å². The normalized spacial score (nSPS) is 11.3. The van der Waals surface area contributed by atoms with Crippen LogP contribution in [-0.2, 0) is 9.84 Å². The quantitative estimate of drug-likeness (QED) is 0.890. The molecule has 18 heavy (non-hydrogen) atoms. The molecule has 0 unspecified atom stereocenters. The molecule has 1 rings (SSSR count). The van der Waals surface area contributed by atoms with Gasteiger partial charge in [0.05, 0.1) is 16.3 Å². The van der Waals surface area contributed by atoms with E-state index in [4.69, 9.17) is 16.7 Å². The standard InChI is InChI=1S/C11H14ClNO4S/c1-13(5-6-18(2,16)17)8-3-4-9(11(14)15)10(12)7-8/h3-4,7H,5-6H2,1-2H3,(H,14,15). The van der Waals surface area contributed by atoms with Crippen molar-refractivity contribution in [3.05, 3.63) is 28.8 Å². The van der Waals surface area contributed by atoms with Gasteiger partial charge in [-0.05, 0) is 18.2 Å². The molecule has 0 radical (unpaired) electrons. The Labute approximate surface area is 111 Å². The maximum absolute atomic E-state index is 11.0. The van der Waals surface area contributed by atoms with E-state index in [1.54, 1.807) is 18.0 Å². The van der Waals surface area contributed by atoms with Crippen molar-refractivity contribution in [1.29, 1.82) is 0 Å². The van der Waals surface area contributed by atoms with Crippen LogP contribution < -0.4 is 4.90 Å². The summed E-state index contributed by atoms with van der Waals surface area (Å²) >= 11 is 5.83. The lowest BCUT2D eigenvalue weighted by atomic mass is 10.2. The van der Waals surface area contributed by atoms with Crippen LogP contribution in [0.1, 0.15) is 10.4 Å². The second-order valence-electron chi connectivity index (χ2n) is 4.02. The van der Waals surface area contributed by atoms with E-state index in [0.717, 1.165) is 0 Å². The van der Waals surface area contributed by atoms with E-state index in [2.05, 4.69) is 0 Å². The van der Waals surface area contributed by atoms with Crippen LogP contribution in [-0.4, -0.2) is 45.1 Å². The van der Waals surface area contributed by atoms with Gasteiger partial charge in [-0.1, -0.05) is 11.6 Å². The predicted octanol–water partition coefficient (Wildman–Crippen LogP) is 1.52. The number of benzene rings is 1. The molecule has 0 aliphatic carbocycles. The highest BCUT2D eigenvalue weighted by atomic mass is 35.5. The fourth-order valence-corrected chi connectivity index (χ4v) is 2.21. The summed E-state index contributed by atoms with van der Waals surface area (Å²) in [6, 6.07) is 4.50. The van der Waals surface area contributed by atoms with Gasteiger partial charge in [-0.25, -0.2) is 13.2 Å². The molecule has 0 heterocycles. The maximum atomic E-state index is 11.0. The third-order valence-corrected chi connectivity index (χ3v) is 3.66. The van der Waals surface area contributed by atoms with Gasteiger partial charge < -0.3 is 10.0 Å². The Balaban J connectivity index is 2.85. The number of hydrogen-bond acceptors (Lipinski definition) is 4. The summed E-state index contributed by atoms with van der Waals surface area (Å²) in [6.07, 6.45) is 1.17. The first-order chi connectivity index (χ1) is 8.20. The van der Waals surface area contributed by atoms with E-state index in [1.165, 1.54) is 18.4 Å². The summed E-state index contributed by atoms with van der Waals surface area (Å²) in [6.45, 7) is 0.321. The number of carboxylic acid groups (broad SMARTS) is 1. The molecule has 0 saturated carbocycles. The first-order valence-electron chi connectivity index (χ1n) is 5.12. The Hall–Kier alpha value is -1.27. The fraction of sp³-hybridized carbons (Fsp3) is 0.364. The zero-order chi connectivity index (χ0) is 13.9. The molecule has 5 nitrogen and oxygen atoms in total. The lowest BCUT2D eigenvalue weighted by Gasteiger charge is -2.19. The fourth-order valence-electron chi connectivity index (χ4n) is 1.35. The van der Waals surface area contributed by atoms with Crippen LogP contribution in [0.3, 0.4) is 0 Å². The van der Waals surface area contributed by atoms with Gasteiger partial charge in [-0.2, -0.15) is 0 Å². The van der Waals surface area contributed by atoms with Crippen molar-refractivity contribution in [3.8, 4) is 0 Å². The van der Waals surface area contributed by atoms with E-state index >= 15 is 0 Å². The second-order valence-corrected chi connectivity index (χ2v) is 6.69. The third-order valence-electron chi connectivity index (χ3n) is 2.42. The number of carboxylic acids is 1. The average molecular weight is 292 g/mol. The number of halogens is 1. The number of anilines is 1. The molecule has 0 aliphatic rings. The molecule has 0 aliphatic heterocycles. The smallest absolute Gasteiger partial charge is 0.337 e. The topological polar surface area (TPSA) is 74.7 Å². The van der Waals surface area contributed by atoms with Crippen LogP contribution in [0.4, 0.5) is 5.69 Å². The number of aromatic carboxylic acids is 1. The van der Waals surface area contributed by atoms with Crippen LogP contribution in [0.25, 0.3) is 0 Å². The summed E-state index contributed by atoms with van der Waals surface area (Å²) < 4.78 is 22.1. The van der Waals surface area contributed by atoms with E-state index in [-0.39, 0.29) is 16.3 Å². The van der Waals surface area contributed by atoms with Gasteiger partial charge in [0.2, 0.25) is 0 Å². The molecule has 1 aromatic carbocycles. The summed E-state index contributed by atoms with van der Waals surface area (Å²) in [5.74, 6) is -1.06. The van der Waals surface area contributed by atoms with Crippen molar-refractivity contribution >= 4 is 33.1 Å². The van der Waals surface area contributed by atoms with Crippen LogP contribution in [0.2, 0.25) is 5.02 Å². The highest BCUT2D eigenvalue weighted by Crippen LogP contribution is 2.23. The van der Waals surface area contributed by atoms with Crippen molar-refractivity contribution in [1.82, 2.24) is 0 Å². The SMILES string of the molecule is CN(CCS(C)(=O)=O)c1ccc(C(=O)O)c(Cl)c1. The lowest BCUT2D eigenvalue weighted by Crippen LogP contribution is -2.24. The summed E-state index contributed by atoms with van der Waals surface area (Å²) in [4.78, 5) is 12.5. The molecular formula is C11H14ClNO4S. The Bertz CT molecular complexity index is 556. The Morgan fingerprint density at radius 3 is 2.50 bits per heavy atom. The number of sulfone groups is 1. The molecular weight excluding hydrogens is 278 g/mol. The van der Waals surface area contributed by atoms with Crippen molar-refractivity contribution < 1.29 is 18.3 Å². The minimum atomic E-state index is -3.03. The van der Waals surface area contributed by atoms with E-state index in [1.807, 2.05) is 0 Å². The van der Waals surface area contributed by atoms with Crippen molar-refractivity contribution in [2.75, 3.05) is 30.5 Å². The van der Waals surface area contributed by atoms with Crippen molar-refractivity contribution in [3.63, 3.8) is 0 Å². The number of nitrogens with zero attached hydrogens (tertiary/aromatic N) is 1. The van der Waals surface area contributed by atoms with Crippen LogP contribution in [0.5, 0.6) is 0 Å². The molecule has 0 amide bonds. The molecule has 0 aromatic heterocycles. The Kier molecular flexibility index (Phi) is 4.59. The first-order valence-corrected chi connectivity index (χ1v) is 7.56. The molecule has 0 spiro atoms. The lowest BCUT2D eigenvalue weighted by molar-refractivity contribution is 0.0697. The Morgan fingerprint density at radius 2 is 2.06 bits per heavy atom. The highest BCUT2D eigenvalue weighted by Gasteiger charge is 2.11. The monoisotopic (exact) mass is 291 g/mol. The van der Waals surface area contributed by atoms with Gasteiger partial charge in [0.15, 0.2) is 0 Å². The number of carbonyl (C=O) groups is 1. The zero-order valence-corrected chi connectivity index (χ0v) is 11.6. The largest absolute Gasteiger partial charge is 0.478 e. The van der Waals surface area contributed by atoms with Crippen LogP contribution in [0.15, 0.2) is 18.2 Å². The van der Waals surface area contributed by atoms with Gasteiger partial charge in [0, 0.05) is 25.5 Å². The molecule has 1 aromatic rings. The van der Waals surface area contributed by atoms with E-state index < -0.39 is 15.8 Å². The second kappa shape index (κ2) is 5.58. The highest BCUT2D eigenvalue weighted by molar-refractivity contribution is 7.90. The molecule has 1 N–H and O–H groups in total. The van der Waals surface area contributed by atoms with Crippen molar-refractivity contribution in [2.45, 2.75) is 0 Å². The number of rotatable bonds is 5. The Morgan fingerprint density at radius 1 is 1.44 bits per heavy atom. The summed E-state index contributed by atoms with van der Waals surface area (Å²) in [5, 5.41) is 8.96. The molecule has 0 atom stereocenters. The molecule has 100 valence electrons. The van der Waals surface area contributed by atoms with E-state index in [0.29, 0.717) is 12.2 Å². The minimum Gasteiger partial charge on any atom is -0.478 e. The number of hydrogen-bond donors (Lipinski definition) is 1. The molecule has 0 bridgehead atoms. The average Bonchev–Trinajstić information content (AvgIpc) is 2.24. The van der Waals surface area contributed by atoms with Gasteiger partial charge >= 0.3 is 5.97 Å². The van der Waals surface area contributed by atoms with Gasteiger partial charge in [0.25, 0.3) is 0 Å². The summed E-state index contributed by atoms with van der Waals surface area (Å²) in [5.41, 5.74) is 0.700. The third kappa shape index (κ3) is 4.19. The summed E-state index contributed by atoms with van der Waals surface area (Å²) in [7, 11) is -1.31. The van der Waals surface area contributed by atoms with Gasteiger partial charge in [-0.3, -0.25) is 0 Å². The molecule has 0 fully saturated rings. The minimum absolute atomic E-state index is 0.0249. The van der Waals surface area contributed by atoms with Crippen LogP contribution in [0, 0.1) is 0 Å². The molecule has 0 saturated heterocycles. The first kappa shape index (κ1) is 14.8. The van der Waals surface area contributed by atoms with Gasteiger partial charge in [-0.15, -0.1) is 0 Å². The van der Waals surface area contributed by atoms with E-state index in [9.17, 15) is 13.2 Å². The maximum Gasteiger partial charge on any atom is 0.337 e. The predicted molar refractivity (Wildman–Crippen MR) is 71.4 cm³/mol. The van der Waals surface area contributed by atoms with Crippen molar-refractivity contribution in [2.24, 2.45) is 0 Å². The zero-order valence-electron chi connectivity index (χ0n) is 10.1. The molecule has 7 heteroatoms.